The molecule has 1 rings (SSSR count). The molecule has 0 heterocycles. The molecule has 0 spiro atoms. The average Bonchev–Trinajstić information content (AvgIpc) is 2.21. The quantitative estimate of drug-likeness (QED) is 0.544. The van der Waals surface area contributed by atoms with Crippen molar-refractivity contribution in [1.82, 2.24) is 5.32 Å². The van der Waals surface area contributed by atoms with E-state index in [-0.39, 0.29) is 5.96 Å². The minimum Gasteiger partial charge on any atom is -0.369 e. The van der Waals surface area contributed by atoms with Gasteiger partial charge in [0.05, 0.1) is 10.7 Å². The Morgan fingerprint density at radius 2 is 2.19 bits per heavy atom. The van der Waals surface area contributed by atoms with Crippen LogP contribution in [-0.4, -0.2) is 18.5 Å². The van der Waals surface area contributed by atoms with E-state index in [2.05, 4.69) is 5.32 Å². The van der Waals surface area contributed by atoms with Crippen LogP contribution in [0.5, 0.6) is 0 Å². The highest BCUT2D eigenvalue weighted by atomic mass is 35.5. The molecule has 0 bridgehead atoms. The summed E-state index contributed by atoms with van der Waals surface area (Å²) in [6, 6.07) is 6.24. The van der Waals surface area contributed by atoms with Crippen LogP contribution >= 0.6 is 11.6 Å². The molecular formula is C10H13ClN4O. The van der Waals surface area contributed by atoms with Gasteiger partial charge in [-0.3, -0.25) is 5.41 Å². The number of rotatable bonds is 2. The summed E-state index contributed by atoms with van der Waals surface area (Å²) in [5, 5.41) is 10.3. The van der Waals surface area contributed by atoms with Gasteiger partial charge in [0.25, 0.3) is 0 Å². The highest BCUT2D eigenvalue weighted by molar-refractivity contribution is 6.35. The van der Waals surface area contributed by atoms with E-state index in [1.54, 1.807) is 31.2 Å². The molecular weight excluding hydrogens is 228 g/mol. The molecule has 0 atom stereocenters. The molecule has 6 heteroatoms. The second-order valence-corrected chi connectivity index (χ2v) is 3.41. The Kier molecular flexibility index (Phi) is 4.13. The molecule has 2 amide bonds. The van der Waals surface area contributed by atoms with Crippen LogP contribution in [-0.2, 0) is 0 Å². The molecule has 0 unspecified atom stereocenters. The van der Waals surface area contributed by atoms with Crippen molar-refractivity contribution in [3.63, 3.8) is 0 Å². The van der Waals surface area contributed by atoms with E-state index in [0.717, 1.165) is 4.90 Å². The molecule has 0 saturated heterocycles. The Labute approximate surface area is 98.7 Å². The van der Waals surface area contributed by atoms with Gasteiger partial charge in [-0.15, -0.1) is 0 Å². The number of nitrogens with zero attached hydrogens (tertiary/aromatic N) is 1. The molecule has 1 aromatic rings. The van der Waals surface area contributed by atoms with Crippen LogP contribution in [0.15, 0.2) is 24.3 Å². The molecule has 0 aliphatic heterocycles. The zero-order chi connectivity index (χ0) is 12.1. The number of carbonyl (C=O) groups is 1. The van der Waals surface area contributed by atoms with E-state index < -0.39 is 6.03 Å². The maximum absolute atomic E-state index is 11.7. The predicted octanol–water partition coefficient (Wildman–Crippen LogP) is 1.77. The van der Waals surface area contributed by atoms with Crippen LogP contribution in [0.3, 0.4) is 0 Å². The van der Waals surface area contributed by atoms with Crippen molar-refractivity contribution in [1.29, 1.82) is 5.41 Å². The summed E-state index contributed by atoms with van der Waals surface area (Å²) in [4.78, 5) is 12.7. The summed E-state index contributed by atoms with van der Waals surface area (Å²) in [5.41, 5.74) is 5.75. The Morgan fingerprint density at radius 3 is 2.69 bits per heavy atom. The standard InChI is InChI=1S/C10H13ClN4O/c1-2-14-10(16)15(9(12)13)8-6-4-3-5-7(8)11/h3-6H,2H2,1H3,(H3,12,13)(H,14,16). The van der Waals surface area contributed by atoms with Crippen molar-refractivity contribution in [2.75, 3.05) is 11.4 Å². The maximum Gasteiger partial charge on any atom is 0.328 e. The largest absolute Gasteiger partial charge is 0.369 e. The molecule has 0 aromatic heterocycles. The number of nitrogens with two attached hydrogens (primary N) is 1. The van der Waals surface area contributed by atoms with E-state index in [4.69, 9.17) is 22.7 Å². The fourth-order valence-corrected chi connectivity index (χ4v) is 1.43. The van der Waals surface area contributed by atoms with Crippen molar-refractivity contribution >= 4 is 29.3 Å². The third-order valence-electron chi connectivity index (χ3n) is 1.87. The molecule has 0 aliphatic carbocycles. The molecule has 86 valence electrons. The average molecular weight is 241 g/mol. The predicted molar refractivity (Wildman–Crippen MR) is 64.9 cm³/mol. The Hall–Kier alpha value is -1.75. The summed E-state index contributed by atoms with van der Waals surface area (Å²) in [7, 11) is 0. The van der Waals surface area contributed by atoms with Crippen molar-refractivity contribution in [3.8, 4) is 0 Å². The molecule has 0 fully saturated rings. The van der Waals surface area contributed by atoms with Gasteiger partial charge in [-0.1, -0.05) is 23.7 Å². The molecule has 16 heavy (non-hydrogen) atoms. The van der Waals surface area contributed by atoms with Gasteiger partial charge in [-0.25, -0.2) is 9.69 Å². The molecule has 0 aliphatic rings. The number of hydrogen-bond acceptors (Lipinski definition) is 2. The second-order valence-electron chi connectivity index (χ2n) is 3.01. The fourth-order valence-electron chi connectivity index (χ4n) is 1.21. The number of halogens is 1. The summed E-state index contributed by atoms with van der Waals surface area (Å²) in [6.07, 6.45) is 0. The van der Waals surface area contributed by atoms with Gasteiger partial charge >= 0.3 is 6.03 Å². The second kappa shape index (κ2) is 5.37. The highest BCUT2D eigenvalue weighted by Crippen LogP contribution is 2.24. The summed E-state index contributed by atoms with van der Waals surface area (Å²) in [6.45, 7) is 2.23. The van der Waals surface area contributed by atoms with E-state index in [0.29, 0.717) is 17.3 Å². The first-order valence-electron chi connectivity index (χ1n) is 4.74. The summed E-state index contributed by atoms with van der Waals surface area (Å²) < 4.78 is 0. The number of anilines is 1. The van der Waals surface area contributed by atoms with Crippen LogP contribution < -0.4 is 16.0 Å². The smallest absolute Gasteiger partial charge is 0.328 e. The number of urea groups is 1. The number of hydrogen-bond donors (Lipinski definition) is 3. The summed E-state index contributed by atoms with van der Waals surface area (Å²) >= 11 is 5.93. The van der Waals surface area contributed by atoms with E-state index in [1.807, 2.05) is 0 Å². The first-order chi connectivity index (χ1) is 7.57. The molecule has 0 radical (unpaired) electrons. The van der Waals surface area contributed by atoms with Gasteiger partial charge in [-0.05, 0) is 19.1 Å². The topological polar surface area (TPSA) is 82.2 Å². The number of amides is 2. The van der Waals surface area contributed by atoms with E-state index in [9.17, 15) is 4.79 Å². The zero-order valence-corrected chi connectivity index (χ0v) is 9.58. The number of carbonyl (C=O) groups excluding carboxylic acids is 1. The van der Waals surface area contributed by atoms with Crippen molar-refractivity contribution in [2.24, 2.45) is 5.73 Å². The van der Waals surface area contributed by atoms with Crippen LogP contribution in [0.25, 0.3) is 0 Å². The molecule has 4 N–H and O–H groups in total. The third-order valence-corrected chi connectivity index (χ3v) is 2.18. The normalized spacial score (nSPS) is 9.62. The number of para-hydroxylation sites is 1. The van der Waals surface area contributed by atoms with Crippen molar-refractivity contribution in [3.05, 3.63) is 29.3 Å². The Bertz CT molecular complexity index is 408. The molecule has 1 aromatic carbocycles. The van der Waals surface area contributed by atoms with Crippen LogP contribution in [0.1, 0.15) is 6.92 Å². The van der Waals surface area contributed by atoms with Crippen LogP contribution in [0.2, 0.25) is 5.02 Å². The number of nitrogens with one attached hydrogen (secondary N) is 2. The maximum atomic E-state index is 11.7. The minimum atomic E-state index is -0.469. The van der Waals surface area contributed by atoms with Gasteiger partial charge in [-0.2, -0.15) is 0 Å². The summed E-state index contributed by atoms with van der Waals surface area (Å²) in [5.74, 6) is -0.376. The molecule has 5 nitrogen and oxygen atoms in total. The fraction of sp³-hybridized carbons (Fsp3) is 0.200. The van der Waals surface area contributed by atoms with Gasteiger partial charge < -0.3 is 11.1 Å². The lowest BCUT2D eigenvalue weighted by molar-refractivity contribution is 0.249. The monoisotopic (exact) mass is 240 g/mol. The number of benzene rings is 1. The first-order valence-corrected chi connectivity index (χ1v) is 5.12. The SMILES string of the molecule is CCNC(=O)N(C(=N)N)c1ccccc1Cl. The van der Waals surface area contributed by atoms with Gasteiger partial charge in [0.2, 0.25) is 5.96 Å². The lowest BCUT2D eigenvalue weighted by Gasteiger charge is -2.21. The van der Waals surface area contributed by atoms with Crippen molar-refractivity contribution < 1.29 is 4.79 Å². The zero-order valence-electron chi connectivity index (χ0n) is 8.83. The lowest BCUT2D eigenvalue weighted by Crippen LogP contribution is -2.47. The van der Waals surface area contributed by atoms with E-state index in [1.165, 1.54) is 0 Å². The van der Waals surface area contributed by atoms with E-state index >= 15 is 0 Å². The lowest BCUT2D eigenvalue weighted by atomic mass is 10.3. The number of guanidine groups is 1. The Morgan fingerprint density at radius 1 is 1.56 bits per heavy atom. The first kappa shape index (κ1) is 12.3. The van der Waals surface area contributed by atoms with Crippen molar-refractivity contribution in [2.45, 2.75) is 6.92 Å². The third kappa shape index (κ3) is 2.64. The van der Waals surface area contributed by atoms with Gasteiger partial charge in [0.15, 0.2) is 0 Å². The van der Waals surface area contributed by atoms with Gasteiger partial charge in [0, 0.05) is 6.54 Å². The Balaban J connectivity index is 3.08. The van der Waals surface area contributed by atoms with Gasteiger partial charge in [0.1, 0.15) is 0 Å². The molecule has 0 saturated carbocycles. The van der Waals surface area contributed by atoms with Crippen LogP contribution in [0, 0.1) is 5.41 Å². The minimum absolute atomic E-state index is 0.365. The highest BCUT2D eigenvalue weighted by Gasteiger charge is 2.19. The van der Waals surface area contributed by atoms with Crippen LogP contribution in [0.4, 0.5) is 10.5 Å².